The molecule has 13 heavy (non-hydrogen) atoms. The van der Waals surface area contributed by atoms with Gasteiger partial charge in [0.2, 0.25) is 0 Å². The number of hydrogen-bond donors (Lipinski definition) is 2. The van der Waals surface area contributed by atoms with Gasteiger partial charge in [-0.05, 0) is 29.0 Å². The molecule has 0 amide bonds. The molecule has 0 aliphatic heterocycles. The van der Waals surface area contributed by atoms with Gasteiger partial charge in [0.15, 0.2) is 0 Å². The molecule has 0 unspecified atom stereocenters. The van der Waals surface area contributed by atoms with Gasteiger partial charge in [0, 0.05) is 5.70 Å². The van der Waals surface area contributed by atoms with E-state index in [0.717, 1.165) is 16.7 Å². The summed E-state index contributed by atoms with van der Waals surface area (Å²) in [5.41, 5.74) is 9.40. The zero-order chi connectivity index (χ0) is 9.84. The Hall–Kier alpha value is -1.15. The predicted molar refractivity (Wildman–Crippen MR) is 62.3 cm³/mol. The summed E-state index contributed by atoms with van der Waals surface area (Å²) >= 11 is 4.09. The van der Waals surface area contributed by atoms with Crippen LogP contribution >= 0.6 is 12.6 Å². The van der Waals surface area contributed by atoms with Crippen LogP contribution < -0.4 is 5.73 Å². The van der Waals surface area contributed by atoms with Crippen LogP contribution in [0.25, 0.3) is 11.3 Å². The quantitative estimate of drug-likeness (QED) is 0.691. The van der Waals surface area contributed by atoms with Gasteiger partial charge < -0.3 is 5.73 Å². The lowest BCUT2D eigenvalue weighted by atomic mass is 10.1. The van der Waals surface area contributed by atoms with E-state index in [-0.39, 0.29) is 0 Å². The molecular formula is C11H13NS. The minimum Gasteiger partial charge on any atom is -0.399 e. The Balaban J connectivity index is 3.00. The van der Waals surface area contributed by atoms with Crippen molar-refractivity contribution in [3.8, 4) is 0 Å². The van der Waals surface area contributed by atoms with Crippen molar-refractivity contribution in [1.82, 2.24) is 0 Å². The molecule has 2 N–H and O–H groups in total. The smallest absolute Gasteiger partial charge is 0.0314 e. The Morgan fingerprint density at radius 2 is 1.77 bits per heavy atom. The maximum atomic E-state index is 5.55. The van der Waals surface area contributed by atoms with Crippen molar-refractivity contribution in [3.63, 3.8) is 0 Å². The molecule has 1 aromatic rings. The number of thiol groups is 1. The van der Waals surface area contributed by atoms with Crippen LogP contribution in [0.15, 0.2) is 36.3 Å². The number of hydrogen-bond acceptors (Lipinski definition) is 2. The molecule has 1 rings (SSSR count). The second-order valence-electron chi connectivity index (χ2n) is 2.91. The molecule has 1 nitrogen and oxygen atoms in total. The van der Waals surface area contributed by atoms with Crippen molar-refractivity contribution < 1.29 is 0 Å². The maximum absolute atomic E-state index is 5.55. The molecule has 68 valence electrons. The fraction of sp³-hybridized carbons (Fsp3) is 0.0909. The molecule has 0 atom stereocenters. The third-order valence-corrected chi connectivity index (χ3v) is 2.29. The van der Waals surface area contributed by atoms with Crippen LogP contribution in [0.5, 0.6) is 0 Å². The fourth-order valence-electron chi connectivity index (χ4n) is 1.02. The van der Waals surface area contributed by atoms with Crippen molar-refractivity contribution in [2.45, 2.75) is 6.92 Å². The van der Waals surface area contributed by atoms with Gasteiger partial charge in [0.05, 0.1) is 0 Å². The van der Waals surface area contributed by atoms with Crippen LogP contribution in [0.1, 0.15) is 18.1 Å². The fourth-order valence-corrected chi connectivity index (χ4v) is 1.17. The molecule has 0 spiro atoms. The first-order valence-electron chi connectivity index (χ1n) is 4.01. The molecule has 0 radical (unpaired) electrons. The van der Waals surface area contributed by atoms with Crippen molar-refractivity contribution in [3.05, 3.63) is 47.4 Å². The van der Waals surface area contributed by atoms with Crippen molar-refractivity contribution >= 4 is 23.9 Å². The summed E-state index contributed by atoms with van der Waals surface area (Å²) in [5.74, 6) is 0. The summed E-state index contributed by atoms with van der Waals surface area (Å²) in [6.45, 7) is 5.68. The molecule has 0 aliphatic carbocycles. The highest BCUT2D eigenvalue weighted by atomic mass is 32.1. The Labute approximate surface area is 84.4 Å². The summed E-state index contributed by atoms with van der Waals surface area (Å²) in [4.78, 5) is 0. The van der Waals surface area contributed by atoms with E-state index in [2.05, 4.69) is 19.2 Å². The summed E-state index contributed by atoms with van der Waals surface area (Å²) in [6.07, 6.45) is 0. The molecule has 0 bridgehead atoms. The highest BCUT2D eigenvalue weighted by molar-refractivity contribution is 7.83. The second-order valence-corrected chi connectivity index (χ2v) is 3.17. The topological polar surface area (TPSA) is 26.0 Å². The molecule has 1 aromatic carbocycles. The van der Waals surface area contributed by atoms with E-state index in [1.54, 1.807) is 5.41 Å². The summed E-state index contributed by atoms with van der Waals surface area (Å²) < 4.78 is 0. The van der Waals surface area contributed by atoms with Crippen LogP contribution in [0.2, 0.25) is 0 Å². The van der Waals surface area contributed by atoms with E-state index >= 15 is 0 Å². The third-order valence-electron chi connectivity index (χ3n) is 1.90. The lowest BCUT2D eigenvalue weighted by Gasteiger charge is -2.02. The minimum absolute atomic E-state index is 0.596. The average Bonchev–Trinajstić information content (AvgIpc) is 2.17. The lowest BCUT2D eigenvalue weighted by molar-refractivity contribution is 1.50. The molecule has 0 fully saturated rings. The molecular weight excluding hydrogens is 178 g/mol. The summed E-state index contributed by atoms with van der Waals surface area (Å²) in [7, 11) is 0. The van der Waals surface area contributed by atoms with Gasteiger partial charge in [-0.15, -0.1) is 0 Å². The maximum Gasteiger partial charge on any atom is 0.0314 e. The molecule has 0 saturated carbocycles. The number of allylic oxidation sites excluding steroid dienone is 1. The molecule has 0 heterocycles. The predicted octanol–water partition coefficient (Wildman–Crippen LogP) is 2.91. The van der Waals surface area contributed by atoms with Gasteiger partial charge >= 0.3 is 0 Å². The lowest BCUT2D eigenvalue weighted by Crippen LogP contribution is -1.93. The van der Waals surface area contributed by atoms with E-state index in [1.807, 2.05) is 31.2 Å². The highest BCUT2D eigenvalue weighted by Crippen LogP contribution is 2.16. The standard InChI is InChI=1S/C11H13NS/c1-8(7-13)10-3-5-11(6-4-10)9(2)12/h3-7,13H,2,12H2,1H3/b8-7+. The average molecular weight is 191 g/mol. The zero-order valence-electron chi connectivity index (χ0n) is 7.62. The van der Waals surface area contributed by atoms with Crippen molar-refractivity contribution in [1.29, 1.82) is 0 Å². The Morgan fingerprint density at radius 1 is 1.31 bits per heavy atom. The molecule has 0 aliphatic rings. The zero-order valence-corrected chi connectivity index (χ0v) is 8.51. The SMILES string of the molecule is C=C(N)c1ccc(/C(C)=C/S)cc1. The first kappa shape index (κ1) is 9.93. The van der Waals surface area contributed by atoms with E-state index in [4.69, 9.17) is 5.73 Å². The van der Waals surface area contributed by atoms with Gasteiger partial charge in [-0.25, -0.2) is 0 Å². The Bertz CT molecular complexity index is 336. The molecule has 0 aromatic heterocycles. The number of benzene rings is 1. The van der Waals surface area contributed by atoms with E-state index in [0.29, 0.717) is 5.70 Å². The van der Waals surface area contributed by atoms with Crippen LogP contribution in [0.4, 0.5) is 0 Å². The Kier molecular flexibility index (Phi) is 3.20. The van der Waals surface area contributed by atoms with Gasteiger partial charge in [0.1, 0.15) is 0 Å². The van der Waals surface area contributed by atoms with Gasteiger partial charge in [-0.3, -0.25) is 0 Å². The summed E-state index contributed by atoms with van der Waals surface area (Å²) in [5, 5.41) is 1.78. The first-order valence-corrected chi connectivity index (χ1v) is 4.53. The van der Waals surface area contributed by atoms with Gasteiger partial charge in [-0.1, -0.05) is 30.8 Å². The number of rotatable bonds is 2. The van der Waals surface area contributed by atoms with Gasteiger partial charge in [0.25, 0.3) is 0 Å². The first-order chi connectivity index (χ1) is 6.15. The minimum atomic E-state index is 0.596. The van der Waals surface area contributed by atoms with E-state index < -0.39 is 0 Å². The monoisotopic (exact) mass is 191 g/mol. The van der Waals surface area contributed by atoms with E-state index in [1.165, 1.54) is 0 Å². The Morgan fingerprint density at radius 3 is 2.15 bits per heavy atom. The second kappa shape index (κ2) is 4.19. The highest BCUT2D eigenvalue weighted by Gasteiger charge is 1.96. The molecule has 2 heteroatoms. The molecule has 0 saturated heterocycles. The normalized spacial score (nSPS) is 11.4. The largest absolute Gasteiger partial charge is 0.399 e. The van der Waals surface area contributed by atoms with E-state index in [9.17, 15) is 0 Å². The van der Waals surface area contributed by atoms with Crippen molar-refractivity contribution in [2.24, 2.45) is 5.73 Å². The van der Waals surface area contributed by atoms with Gasteiger partial charge in [-0.2, -0.15) is 12.6 Å². The van der Waals surface area contributed by atoms with Crippen LogP contribution in [0.3, 0.4) is 0 Å². The summed E-state index contributed by atoms with van der Waals surface area (Å²) in [6, 6.07) is 7.93. The van der Waals surface area contributed by atoms with Crippen molar-refractivity contribution in [2.75, 3.05) is 0 Å². The van der Waals surface area contributed by atoms with Crippen LogP contribution in [0, 0.1) is 0 Å². The van der Waals surface area contributed by atoms with Crippen LogP contribution in [-0.4, -0.2) is 0 Å². The van der Waals surface area contributed by atoms with Crippen LogP contribution in [-0.2, 0) is 0 Å². The third kappa shape index (κ3) is 2.39. The number of nitrogens with two attached hydrogens (primary N) is 1.